The molecule has 0 spiro atoms. The summed E-state index contributed by atoms with van der Waals surface area (Å²) in [5, 5.41) is 0.541. The molecule has 0 aliphatic rings. The van der Waals surface area contributed by atoms with Crippen LogP contribution in [-0.4, -0.2) is 11.6 Å². The first-order chi connectivity index (χ1) is 8.93. The molecule has 0 atom stereocenters. The Morgan fingerprint density at radius 1 is 1.32 bits per heavy atom. The summed E-state index contributed by atoms with van der Waals surface area (Å²) in [7, 11) is 0. The standard InChI is InChI=1S/C15H19NO3/c1-5-9-18-14-16-11-8-6-7-10(15(2,3)4)12(11)13(17)19-14/h6-8H,5,9H2,1-4H3. The average molecular weight is 261 g/mol. The highest BCUT2D eigenvalue weighted by Gasteiger charge is 2.20. The lowest BCUT2D eigenvalue weighted by Gasteiger charge is -2.20. The first kappa shape index (κ1) is 13.6. The molecule has 19 heavy (non-hydrogen) atoms. The van der Waals surface area contributed by atoms with Gasteiger partial charge in [0.1, 0.15) is 0 Å². The van der Waals surface area contributed by atoms with Gasteiger partial charge in [0.15, 0.2) is 0 Å². The van der Waals surface area contributed by atoms with Crippen LogP contribution in [0.15, 0.2) is 27.4 Å². The minimum Gasteiger partial charge on any atom is -0.450 e. The molecule has 0 aliphatic heterocycles. The van der Waals surface area contributed by atoms with Gasteiger partial charge in [-0.25, -0.2) is 4.79 Å². The van der Waals surface area contributed by atoms with Crippen LogP contribution in [0.3, 0.4) is 0 Å². The van der Waals surface area contributed by atoms with Crippen molar-refractivity contribution in [1.29, 1.82) is 0 Å². The maximum Gasteiger partial charge on any atom is 0.397 e. The molecular weight excluding hydrogens is 242 g/mol. The normalized spacial score (nSPS) is 11.8. The van der Waals surface area contributed by atoms with Crippen molar-refractivity contribution in [2.45, 2.75) is 39.5 Å². The van der Waals surface area contributed by atoms with Gasteiger partial charge in [0, 0.05) is 0 Å². The molecule has 0 amide bonds. The topological polar surface area (TPSA) is 52.3 Å². The third kappa shape index (κ3) is 2.78. The molecule has 1 aromatic carbocycles. The zero-order valence-electron chi connectivity index (χ0n) is 11.8. The summed E-state index contributed by atoms with van der Waals surface area (Å²) in [4.78, 5) is 16.4. The Labute approximate surface area is 112 Å². The van der Waals surface area contributed by atoms with Crippen LogP contribution < -0.4 is 10.4 Å². The minimum absolute atomic E-state index is 0.0467. The molecule has 102 valence electrons. The second kappa shape index (κ2) is 5.03. The van der Waals surface area contributed by atoms with Crippen LogP contribution in [0.2, 0.25) is 0 Å². The van der Waals surface area contributed by atoms with Gasteiger partial charge < -0.3 is 9.15 Å². The van der Waals surface area contributed by atoms with Gasteiger partial charge in [-0.3, -0.25) is 0 Å². The molecular formula is C15H19NO3. The molecule has 4 heteroatoms. The van der Waals surface area contributed by atoms with E-state index in [4.69, 9.17) is 9.15 Å². The summed E-state index contributed by atoms with van der Waals surface area (Å²) in [6.07, 6.45) is 0.885. The van der Waals surface area contributed by atoms with Crippen molar-refractivity contribution in [2.75, 3.05) is 6.61 Å². The molecule has 0 aliphatic carbocycles. The Bertz CT molecular complexity index is 638. The molecule has 0 saturated carbocycles. The number of benzene rings is 1. The Balaban J connectivity index is 2.63. The quantitative estimate of drug-likeness (QED) is 0.850. The van der Waals surface area contributed by atoms with Crippen molar-refractivity contribution >= 4 is 10.9 Å². The van der Waals surface area contributed by atoms with E-state index < -0.39 is 0 Å². The molecule has 1 heterocycles. The number of ether oxygens (including phenoxy) is 1. The monoisotopic (exact) mass is 261 g/mol. The zero-order chi connectivity index (χ0) is 14.0. The molecule has 0 radical (unpaired) electrons. The number of rotatable bonds is 3. The average Bonchev–Trinajstić information content (AvgIpc) is 2.34. The minimum atomic E-state index is -0.387. The fourth-order valence-electron chi connectivity index (χ4n) is 1.98. The van der Waals surface area contributed by atoms with Gasteiger partial charge in [0.2, 0.25) is 0 Å². The fraction of sp³-hybridized carbons (Fsp3) is 0.467. The lowest BCUT2D eigenvalue weighted by molar-refractivity contribution is 0.217. The van der Waals surface area contributed by atoms with Crippen LogP contribution in [0.1, 0.15) is 39.7 Å². The van der Waals surface area contributed by atoms with Gasteiger partial charge in [-0.2, -0.15) is 4.98 Å². The van der Waals surface area contributed by atoms with Crippen molar-refractivity contribution in [3.05, 3.63) is 34.2 Å². The van der Waals surface area contributed by atoms with Crippen LogP contribution in [-0.2, 0) is 5.41 Å². The first-order valence-electron chi connectivity index (χ1n) is 6.50. The van der Waals surface area contributed by atoms with Crippen molar-refractivity contribution < 1.29 is 9.15 Å². The van der Waals surface area contributed by atoms with Crippen LogP contribution in [0.4, 0.5) is 0 Å². The Hall–Kier alpha value is -1.84. The van der Waals surface area contributed by atoms with E-state index in [0.717, 1.165) is 12.0 Å². The second-order valence-corrected chi connectivity index (χ2v) is 5.57. The van der Waals surface area contributed by atoms with Crippen molar-refractivity contribution in [1.82, 2.24) is 4.98 Å². The van der Waals surface area contributed by atoms with Gasteiger partial charge >= 0.3 is 11.7 Å². The highest BCUT2D eigenvalue weighted by Crippen LogP contribution is 2.27. The Morgan fingerprint density at radius 2 is 2.05 bits per heavy atom. The summed E-state index contributed by atoms with van der Waals surface area (Å²) < 4.78 is 10.4. The van der Waals surface area contributed by atoms with E-state index in [1.165, 1.54) is 0 Å². The summed E-state index contributed by atoms with van der Waals surface area (Å²) in [5.74, 6) is 0. The molecule has 0 N–H and O–H groups in total. The SMILES string of the molecule is CCCOc1nc2cccc(C(C)(C)C)c2c(=O)o1. The van der Waals surface area contributed by atoms with Crippen LogP contribution in [0.25, 0.3) is 10.9 Å². The van der Waals surface area contributed by atoms with E-state index >= 15 is 0 Å². The molecule has 0 fully saturated rings. The van der Waals surface area contributed by atoms with Gasteiger partial charge in [0.25, 0.3) is 0 Å². The number of fused-ring (bicyclic) bond motifs is 1. The number of hydrogen-bond acceptors (Lipinski definition) is 4. The summed E-state index contributed by atoms with van der Waals surface area (Å²) in [5.41, 5.74) is 1.03. The highest BCUT2D eigenvalue weighted by atomic mass is 16.6. The van der Waals surface area contributed by atoms with Gasteiger partial charge in [-0.15, -0.1) is 0 Å². The van der Waals surface area contributed by atoms with Crippen molar-refractivity contribution in [2.24, 2.45) is 0 Å². The maximum atomic E-state index is 12.1. The molecule has 4 nitrogen and oxygen atoms in total. The van der Waals surface area contributed by atoms with Crippen LogP contribution >= 0.6 is 0 Å². The molecule has 2 rings (SSSR count). The summed E-state index contributed by atoms with van der Waals surface area (Å²) >= 11 is 0. The van der Waals surface area contributed by atoms with Crippen molar-refractivity contribution in [3.63, 3.8) is 0 Å². The molecule has 2 aromatic rings. The van der Waals surface area contributed by atoms with E-state index in [0.29, 0.717) is 17.5 Å². The third-order valence-corrected chi connectivity index (χ3v) is 2.88. The number of aromatic nitrogens is 1. The third-order valence-electron chi connectivity index (χ3n) is 2.88. The Kier molecular flexibility index (Phi) is 3.60. The lowest BCUT2D eigenvalue weighted by Crippen LogP contribution is -2.16. The van der Waals surface area contributed by atoms with E-state index in [9.17, 15) is 4.79 Å². The lowest BCUT2D eigenvalue weighted by atomic mass is 9.85. The smallest absolute Gasteiger partial charge is 0.397 e. The van der Waals surface area contributed by atoms with Crippen LogP contribution in [0, 0.1) is 0 Å². The van der Waals surface area contributed by atoms with E-state index in [2.05, 4.69) is 25.8 Å². The van der Waals surface area contributed by atoms with Crippen molar-refractivity contribution in [3.8, 4) is 6.08 Å². The van der Waals surface area contributed by atoms with Gasteiger partial charge in [-0.1, -0.05) is 39.8 Å². The second-order valence-electron chi connectivity index (χ2n) is 5.57. The number of hydrogen-bond donors (Lipinski definition) is 0. The molecule has 0 unspecified atom stereocenters. The number of nitrogens with zero attached hydrogens (tertiary/aromatic N) is 1. The highest BCUT2D eigenvalue weighted by molar-refractivity contribution is 5.82. The molecule has 1 aromatic heterocycles. The molecule has 0 saturated heterocycles. The zero-order valence-corrected chi connectivity index (χ0v) is 11.8. The first-order valence-corrected chi connectivity index (χ1v) is 6.50. The predicted molar refractivity (Wildman–Crippen MR) is 74.8 cm³/mol. The van der Waals surface area contributed by atoms with E-state index in [-0.39, 0.29) is 17.1 Å². The van der Waals surface area contributed by atoms with E-state index in [1.54, 1.807) is 6.07 Å². The van der Waals surface area contributed by atoms with Crippen LogP contribution in [0.5, 0.6) is 6.08 Å². The summed E-state index contributed by atoms with van der Waals surface area (Å²) in [6.45, 7) is 8.64. The Morgan fingerprint density at radius 3 is 2.68 bits per heavy atom. The fourth-order valence-corrected chi connectivity index (χ4v) is 1.98. The van der Waals surface area contributed by atoms with Gasteiger partial charge in [-0.05, 0) is 23.5 Å². The maximum absolute atomic E-state index is 12.1. The van der Waals surface area contributed by atoms with Gasteiger partial charge in [0.05, 0.1) is 17.5 Å². The molecule has 0 bridgehead atoms. The summed E-state index contributed by atoms with van der Waals surface area (Å²) in [6, 6.07) is 5.65. The predicted octanol–water partition coefficient (Wildman–Crippen LogP) is 3.27. The largest absolute Gasteiger partial charge is 0.450 e. The van der Waals surface area contributed by atoms with E-state index in [1.807, 2.05) is 19.1 Å².